The number of phenols is 1. The number of ketones is 1. The second-order valence-corrected chi connectivity index (χ2v) is 11.9. The van der Waals surface area contributed by atoms with Crippen molar-refractivity contribution < 1.29 is 34.4 Å². The molecule has 0 bridgehead atoms. The van der Waals surface area contributed by atoms with Crippen molar-refractivity contribution in [2.45, 2.75) is 51.8 Å². The van der Waals surface area contributed by atoms with E-state index in [4.69, 9.17) is 13.2 Å². The van der Waals surface area contributed by atoms with Gasteiger partial charge in [0.1, 0.15) is 0 Å². The Balaban J connectivity index is 1.85. The molecule has 3 aliphatic rings. The van der Waals surface area contributed by atoms with E-state index < -0.39 is 63.5 Å². The van der Waals surface area contributed by atoms with E-state index in [2.05, 4.69) is 5.32 Å². The van der Waals surface area contributed by atoms with Gasteiger partial charge >= 0.3 is 201 Å². The Morgan fingerprint density at radius 1 is 1.29 bits per heavy atom. The Bertz CT molecular complexity index is 1310. The van der Waals surface area contributed by atoms with Crippen molar-refractivity contribution in [1.29, 1.82) is 0 Å². The van der Waals surface area contributed by atoms with E-state index in [0.29, 0.717) is 6.54 Å². The number of primary amides is 1. The number of Topliss-reactive ketones (excluding diaryl/α,β-unsaturated/α-hetero) is 1. The molecule has 1 fully saturated rings. The molecular formula is C27H34BFN3O6. The SMILES string of the molecule is [B]=C1C(C(N)=O)=C(O)[C@@H](N(C)C)[C@@H]2C[C@@H]3Cc4c(F)cc(CNCC(C)(C)C)c(O)c4C(O)=C3C(=O)[C@]12O. The van der Waals surface area contributed by atoms with Crippen LogP contribution in [0.2, 0.25) is 0 Å². The fourth-order valence-electron chi connectivity index (χ4n) is 6.12. The second kappa shape index (κ2) is 9.32. The van der Waals surface area contributed by atoms with Crippen molar-refractivity contribution in [2.75, 3.05) is 20.6 Å². The number of rotatable bonds is 5. The minimum absolute atomic E-state index is 0.0236. The standard InChI is InChI=1S/C27H34BFN3O6/c1-26(2,3)10-31-9-12-8-15(29)13-6-11-7-14-19(32(4)5)22(35)18(25(30)37)23(28)27(14,38)24(36)16(11)21(34)17(13)20(12)33/h8,11,14,19,31,33-35,38H,6-7,9-10H2,1-5H3,(H2,30,37)/t11-,14-,19-,27+/m0/s1. The zero-order valence-electron chi connectivity index (χ0n) is 22.2. The summed E-state index contributed by atoms with van der Waals surface area (Å²) >= 11 is 0. The molecule has 1 aromatic rings. The zero-order valence-corrected chi connectivity index (χ0v) is 22.2. The van der Waals surface area contributed by atoms with Crippen LogP contribution in [0.25, 0.3) is 5.76 Å². The maximum atomic E-state index is 15.3. The third-order valence-electron chi connectivity index (χ3n) is 7.82. The third-order valence-corrected chi connectivity index (χ3v) is 7.82. The molecule has 0 aromatic heterocycles. The molecule has 0 saturated heterocycles. The van der Waals surface area contributed by atoms with Gasteiger partial charge in [0.15, 0.2) is 0 Å². The van der Waals surface area contributed by atoms with Crippen molar-refractivity contribution in [2.24, 2.45) is 23.0 Å². The Labute approximate surface area is 221 Å². The first-order valence-electron chi connectivity index (χ1n) is 12.5. The molecule has 0 spiro atoms. The first-order chi connectivity index (χ1) is 17.5. The number of phenolic OH excluding ortho intramolecular Hbond substituents is 1. The molecule has 1 amide bonds. The summed E-state index contributed by atoms with van der Waals surface area (Å²) in [7, 11) is 9.32. The number of aliphatic hydroxyl groups is 3. The molecule has 0 unspecified atom stereocenters. The van der Waals surface area contributed by atoms with Crippen molar-refractivity contribution in [3.8, 4) is 5.75 Å². The number of nitrogens with one attached hydrogen (secondary N) is 1. The summed E-state index contributed by atoms with van der Waals surface area (Å²) in [4.78, 5) is 27.6. The van der Waals surface area contributed by atoms with Crippen LogP contribution < -0.4 is 11.1 Å². The number of carbonyl (C=O) groups excluding carboxylic acids is 2. The van der Waals surface area contributed by atoms with Gasteiger partial charge in [-0.2, -0.15) is 0 Å². The molecule has 9 nitrogen and oxygen atoms in total. The average Bonchev–Trinajstić information content (AvgIpc) is 2.78. The van der Waals surface area contributed by atoms with Gasteiger partial charge in [-0.25, -0.2) is 0 Å². The Kier molecular flexibility index (Phi) is 6.87. The normalized spacial score (nSPS) is 27.4. The number of nitrogens with zero attached hydrogens (tertiary/aromatic N) is 1. The van der Waals surface area contributed by atoms with E-state index in [1.54, 1.807) is 14.1 Å². The van der Waals surface area contributed by atoms with Crippen molar-refractivity contribution in [3.63, 3.8) is 0 Å². The Hall–Kier alpha value is -3.02. The molecule has 203 valence electrons. The van der Waals surface area contributed by atoms with Crippen LogP contribution >= 0.6 is 0 Å². The fraction of sp³-hybridized carbons (Fsp3) is 0.519. The molecule has 0 aliphatic heterocycles. The van der Waals surface area contributed by atoms with E-state index in [0.717, 1.165) is 0 Å². The quantitative estimate of drug-likeness (QED) is 0.311. The molecule has 4 atom stereocenters. The number of hydrogen-bond donors (Lipinski definition) is 6. The number of amides is 1. The monoisotopic (exact) mass is 526 g/mol. The van der Waals surface area contributed by atoms with Gasteiger partial charge in [-0.3, -0.25) is 0 Å². The summed E-state index contributed by atoms with van der Waals surface area (Å²) < 4.78 is 15.3. The number of nitrogens with two attached hydrogens (primary N) is 1. The topological polar surface area (TPSA) is 156 Å². The van der Waals surface area contributed by atoms with Crippen LogP contribution in [-0.2, 0) is 22.6 Å². The van der Waals surface area contributed by atoms with Gasteiger partial charge in [-0.1, -0.05) is 20.8 Å². The number of fused-ring (bicyclic) bond motifs is 3. The average molecular weight is 526 g/mol. The number of benzene rings is 1. The van der Waals surface area contributed by atoms with Gasteiger partial charge in [0.05, 0.1) is 0 Å². The van der Waals surface area contributed by atoms with Gasteiger partial charge < -0.3 is 0 Å². The molecule has 11 heteroatoms. The van der Waals surface area contributed by atoms with Crippen molar-refractivity contribution in [3.05, 3.63) is 45.5 Å². The predicted octanol–water partition coefficient (Wildman–Crippen LogP) is 1.01. The molecule has 1 radical (unpaired) electrons. The van der Waals surface area contributed by atoms with Crippen LogP contribution in [0, 0.1) is 23.1 Å². The molecule has 38 heavy (non-hydrogen) atoms. The van der Waals surface area contributed by atoms with E-state index in [1.165, 1.54) is 11.0 Å². The van der Waals surface area contributed by atoms with Gasteiger partial charge in [-0.05, 0) is 0 Å². The number of likely N-dealkylation sites (N-methyl/N-ethyl adjacent to an activating group) is 1. The Morgan fingerprint density at radius 2 is 1.92 bits per heavy atom. The van der Waals surface area contributed by atoms with Crippen LogP contribution in [-0.4, -0.2) is 82.3 Å². The van der Waals surface area contributed by atoms with Gasteiger partial charge in [0, 0.05) is 0 Å². The summed E-state index contributed by atoms with van der Waals surface area (Å²) in [6.07, 6.45) is -0.00877. The van der Waals surface area contributed by atoms with E-state index in [9.17, 15) is 30.0 Å². The summed E-state index contributed by atoms with van der Waals surface area (Å²) in [5, 5.41) is 48.1. The number of halogens is 1. The molecule has 0 heterocycles. The third kappa shape index (κ3) is 4.17. The number of aromatic hydroxyl groups is 1. The summed E-state index contributed by atoms with van der Waals surface area (Å²) in [6.45, 7) is 6.76. The number of hydrogen-bond acceptors (Lipinski definition) is 8. The maximum absolute atomic E-state index is 15.3. The first-order valence-corrected chi connectivity index (χ1v) is 12.5. The van der Waals surface area contributed by atoms with Crippen LogP contribution in [0.4, 0.5) is 4.39 Å². The van der Waals surface area contributed by atoms with Gasteiger partial charge in [0.25, 0.3) is 0 Å². The first kappa shape index (κ1) is 28.0. The minimum atomic E-state index is -2.47. The summed E-state index contributed by atoms with van der Waals surface area (Å²) in [5.74, 6) is -5.97. The summed E-state index contributed by atoms with van der Waals surface area (Å²) in [6, 6.07) is 0.213. The fourth-order valence-corrected chi connectivity index (χ4v) is 6.12. The molecule has 3 aliphatic carbocycles. The van der Waals surface area contributed by atoms with Crippen LogP contribution in [0.5, 0.6) is 5.75 Å². The molecule has 4 rings (SSSR count). The van der Waals surface area contributed by atoms with E-state index in [1.807, 2.05) is 20.8 Å². The number of carbonyl (C=O) groups is 2. The van der Waals surface area contributed by atoms with Crippen molar-refractivity contribution >= 4 is 30.4 Å². The molecule has 7 N–H and O–H groups in total. The molecule has 1 aromatic carbocycles. The van der Waals surface area contributed by atoms with Crippen LogP contribution in [0.3, 0.4) is 0 Å². The van der Waals surface area contributed by atoms with Crippen LogP contribution in [0.15, 0.2) is 23.0 Å². The predicted molar refractivity (Wildman–Crippen MR) is 141 cm³/mol. The second-order valence-electron chi connectivity index (χ2n) is 11.9. The Morgan fingerprint density at radius 3 is 2.47 bits per heavy atom. The molecule has 1 saturated carbocycles. The van der Waals surface area contributed by atoms with E-state index in [-0.39, 0.29) is 52.8 Å². The van der Waals surface area contributed by atoms with Gasteiger partial charge in [-0.15, -0.1) is 0 Å². The zero-order chi connectivity index (χ0) is 28.5. The summed E-state index contributed by atoms with van der Waals surface area (Å²) in [5.41, 5.74) is 1.60. The number of aliphatic hydroxyl groups excluding tert-OH is 2. The van der Waals surface area contributed by atoms with Crippen molar-refractivity contribution in [1.82, 2.24) is 10.2 Å². The van der Waals surface area contributed by atoms with Crippen LogP contribution in [0.1, 0.15) is 43.9 Å². The van der Waals surface area contributed by atoms with E-state index >= 15 is 4.39 Å². The molecular weight excluding hydrogens is 492 g/mol. The van der Waals surface area contributed by atoms with Gasteiger partial charge in [0.2, 0.25) is 0 Å².